The molecule has 4 aliphatic rings. The lowest BCUT2D eigenvalue weighted by molar-refractivity contribution is -0.640. The SMILES string of the molecule is COc1cccc2c1OCC[C@]21C[NH2+]C[C@H]1C(=O)N1CC[C@@H](c2ccccc2F)C[C@H]1C1CCC(F)(F)CC1. The van der Waals surface area contributed by atoms with Gasteiger partial charge in [0.1, 0.15) is 11.7 Å². The molecule has 1 saturated carbocycles. The molecule has 0 aromatic heterocycles. The minimum absolute atomic E-state index is 0.00782. The van der Waals surface area contributed by atoms with Crippen LogP contribution in [0.2, 0.25) is 0 Å². The first-order valence-electron chi connectivity index (χ1n) is 14.4. The highest BCUT2D eigenvalue weighted by atomic mass is 19.3. The van der Waals surface area contributed by atoms with Gasteiger partial charge in [-0.25, -0.2) is 13.2 Å². The Morgan fingerprint density at radius 2 is 1.87 bits per heavy atom. The van der Waals surface area contributed by atoms with Gasteiger partial charge in [0, 0.05) is 31.0 Å². The number of nitrogens with zero attached hydrogens (tertiary/aromatic N) is 1. The Morgan fingerprint density at radius 3 is 2.64 bits per heavy atom. The zero-order valence-electron chi connectivity index (χ0n) is 22.5. The molecule has 1 spiro atoms. The highest BCUT2D eigenvalue weighted by Gasteiger charge is 2.56. The Bertz CT molecular complexity index is 1210. The molecule has 6 rings (SSSR count). The molecule has 0 unspecified atom stereocenters. The molecule has 3 aliphatic heterocycles. The smallest absolute Gasteiger partial charge is 0.248 e. The van der Waals surface area contributed by atoms with Crippen molar-refractivity contribution in [2.24, 2.45) is 11.8 Å². The van der Waals surface area contributed by atoms with E-state index in [1.807, 2.05) is 29.2 Å². The van der Waals surface area contributed by atoms with Crippen LogP contribution in [-0.2, 0) is 10.2 Å². The molecular weight excluding hydrogens is 505 g/mol. The lowest BCUT2D eigenvalue weighted by Gasteiger charge is -2.47. The number of carbonyl (C=O) groups is 1. The number of methoxy groups -OCH3 is 1. The highest BCUT2D eigenvalue weighted by Crippen LogP contribution is 2.50. The van der Waals surface area contributed by atoms with Crippen molar-refractivity contribution < 1.29 is 32.8 Å². The molecular formula is C31H38F3N2O3+. The Morgan fingerprint density at radius 1 is 1.08 bits per heavy atom. The van der Waals surface area contributed by atoms with E-state index >= 15 is 0 Å². The summed E-state index contributed by atoms with van der Waals surface area (Å²) in [7, 11) is 1.63. The first-order chi connectivity index (χ1) is 18.8. The number of quaternary nitrogens is 1. The molecule has 2 N–H and O–H groups in total. The van der Waals surface area contributed by atoms with Crippen LogP contribution in [0.5, 0.6) is 11.5 Å². The number of fused-ring (bicyclic) bond motifs is 2. The van der Waals surface area contributed by atoms with E-state index < -0.39 is 5.92 Å². The van der Waals surface area contributed by atoms with Crippen molar-refractivity contribution in [2.45, 2.75) is 68.2 Å². The molecule has 3 heterocycles. The number of benzene rings is 2. The molecule has 210 valence electrons. The van der Waals surface area contributed by atoms with Gasteiger partial charge in [-0.3, -0.25) is 4.79 Å². The van der Waals surface area contributed by atoms with Crippen molar-refractivity contribution >= 4 is 5.91 Å². The monoisotopic (exact) mass is 543 g/mol. The minimum Gasteiger partial charge on any atom is -0.493 e. The highest BCUT2D eigenvalue weighted by molar-refractivity contribution is 5.82. The van der Waals surface area contributed by atoms with Crippen LogP contribution < -0.4 is 14.8 Å². The van der Waals surface area contributed by atoms with Crippen molar-refractivity contribution in [1.82, 2.24) is 4.90 Å². The van der Waals surface area contributed by atoms with E-state index in [1.165, 1.54) is 6.07 Å². The van der Waals surface area contributed by atoms with E-state index in [-0.39, 0.29) is 53.8 Å². The van der Waals surface area contributed by atoms with Crippen LogP contribution in [0.1, 0.15) is 62.0 Å². The van der Waals surface area contributed by atoms with Gasteiger partial charge in [0.15, 0.2) is 11.5 Å². The normalized spacial score (nSPS) is 30.6. The summed E-state index contributed by atoms with van der Waals surface area (Å²) in [6, 6.07) is 12.6. The molecule has 2 saturated heterocycles. The zero-order valence-corrected chi connectivity index (χ0v) is 22.5. The third-order valence-electron chi connectivity index (χ3n) is 9.98. The van der Waals surface area contributed by atoms with Gasteiger partial charge < -0.3 is 19.7 Å². The Hall–Kier alpha value is -2.74. The fourth-order valence-corrected chi connectivity index (χ4v) is 7.93. The second-order valence-corrected chi connectivity index (χ2v) is 11.9. The largest absolute Gasteiger partial charge is 0.493 e. The van der Waals surface area contributed by atoms with E-state index in [9.17, 15) is 18.0 Å². The molecule has 5 nitrogen and oxygen atoms in total. The Labute approximate surface area is 228 Å². The number of nitrogens with two attached hydrogens (primary N) is 1. The summed E-state index contributed by atoms with van der Waals surface area (Å²) in [6.45, 7) is 2.50. The zero-order chi connectivity index (χ0) is 27.2. The van der Waals surface area contributed by atoms with Crippen LogP contribution in [0.4, 0.5) is 13.2 Å². The quantitative estimate of drug-likeness (QED) is 0.611. The second kappa shape index (κ2) is 10.3. The van der Waals surface area contributed by atoms with Gasteiger partial charge >= 0.3 is 0 Å². The van der Waals surface area contributed by atoms with Crippen LogP contribution >= 0.6 is 0 Å². The third kappa shape index (κ3) is 4.68. The van der Waals surface area contributed by atoms with Gasteiger partial charge in [0.05, 0.1) is 32.2 Å². The number of likely N-dealkylation sites (tertiary alicyclic amines) is 1. The predicted molar refractivity (Wildman–Crippen MR) is 141 cm³/mol. The van der Waals surface area contributed by atoms with Crippen LogP contribution in [0, 0.1) is 17.7 Å². The molecule has 0 bridgehead atoms. The summed E-state index contributed by atoms with van der Waals surface area (Å²) in [5.74, 6) is -1.64. The number of rotatable bonds is 4. The number of halogens is 3. The molecule has 2 aromatic rings. The topological polar surface area (TPSA) is 55.4 Å². The standard InChI is InChI=1S/C31H37F3N2O3/c1-38-27-8-4-6-23-28(27)39-16-14-30(23)19-35-18-24(30)29(37)36-15-11-21(22-5-2-3-7-25(22)32)17-26(36)20-9-12-31(33,34)13-10-20/h2-8,20-21,24,26,35H,9-19H2,1H3/p+1/t21-,24+,26+,30+/m1/s1. The molecule has 39 heavy (non-hydrogen) atoms. The number of piperidine rings is 1. The van der Waals surface area contributed by atoms with Gasteiger partial charge in [-0.15, -0.1) is 0 Å². The summed E-state index contributed by atoms with van der Waals surface area (Å²) in [6.07, 6.45) is 2.51. The van der Waals surface area contributed by atoms with Gasteiger partial charge in [0.25, 0.3) is 0 Å². The van der Waals surface area contributed by atoms with Crippen molar-refractivity contribution in [3.8, 4) is 11.5 Å². The molecule has 4 atom stereocenters. The van der Waals surface area contributed by atoms with Crippen molar-refractivity contribution in [3.63, 3.8) is 0 Å². The van der Waals surface area contributed by atoms with Crippen LogP contribution in [0.25, 0.3) is 0 Å². The van der Waals surface area contributed by atoms with E-state index in [0.29, 0.717) is 56.7 Å². The molecule has 1 aliphatic carbocycles. The fraction of sp³-hybridized carbons (Fsp3) is 0.581. The molecule has 0 radical (unpaired) electrons. The van der Waals surface area contributed by atoms with E-state index in [1.54, 1.807) is 13.2 Å². The number of ether oxygens (including phenoxy) is 2. The molecule has 3 fully saturated rings. The van der Waals surface area contributed by atoms with Crippen LogP contribution in [0.15, 0.2) is 42.5 Å². The van der Waals surface area contributed by atoms with Crippen molar-refractivity contribution in [2.75, 3.05) is 33.4 Å². The summed E-state index contributed by atoms with van der Waals surface area (Å²) in [4.78, 5) is 16.5. The van der Waals surface area contributed by atoms with Crippen LogP contribution in [0.3, 0.4) is 0 Å². The van der Waals surface area contributed by atoms with Gasteiger partial charge in [-0.2, -0.15) is 0 Å². The van der Waals surface area contributed by atoms with Crippen molar-refractivity contribution in [1.29, 1.82) is 0 Å². The average molecular weight is 544 g/mol. The fourth-order valence-electron chi connectivity index (χ4n) is 7.93. The minimum atomic E-state index is -2.64. The number of amides is 1. The average Bonchev–Trinajstić information content (AvgIpc) is 3.36. The summed E-state index contributed by atoms with van der Waals surface area (Å²) < 4.78 is 54.7. The molecule has 8 heteroatoms. The number of alkyl halides is 2. The van der Waals surface area contributed by atoms with E-state index in [2.05, 4.69) is 11.4 Å². The van der Waals surface area contributed by atoms with Gasteiger partial charge in [0.2, 0.25) is 11.8 Å². The first-order valence-corrected chi connectivity index (χ1v) is 14.4. The van der Waals surface area contributed by atoms with Gasteiger partial charge in [-0.05, 0) is 61.6 Å². The number of hydrogen-bond donors (Lipinski definition) is 1. The lowest BCUT2D eigenvalue weighted by Crippen LogP contribution is -2.82. The lowest BCUT2D eigenvalue weighted by atomic mass is 9.67. The van der Waals surface area contributed by atoms with E-state index in [4.69, 9.17) is 9.47 Å². The van der Waals surface area contributed by atoms with Crippen LogP contribution in [-0.4, -0.2) is 56.1 Å². The van der Waals surface area contributed by atoms with Crippen molar-refractivity contribution in [3.05, 3.63) is 59.4 Å². The summed E-state index contributed by atoms with van der Waals surface area (Å²) >= 11 is 0. The first kappa shape index (κ1) is 26.5. The molecule has 1 amide bonds. The maximum absolute atomic E-state index is 14.8. The Balaban J connectivity index is 1.32. The number of hydrogen-bond acceptors (Lipinski definition) is 3. The predicted octanol–water partition coefficient (Wildman–Crippen LogP) is 4.65. The third-order valence-corrected chi connectivity index (χ3v) is 9.98. The van der Waals surface area contributed by atoms with Gasteiger partial charge in [-0.1, -0.05) is 30.3 Å². The van der Waals surface area contributed by atoms with E-state index in [0.717, 1.165) is 24.3 Å². The number of para-hydroxylation sites is 1. The Kier molecular flexibility index (Phi) is 7.02. The maximum Gasteiger partial charge on any atom is 0.248 e. The maximum atomic E-state index is 14.8. The molecule has 2 aromatic carbocycles. The second-order valence-electron chi connectivity index (χ2n) is 11.9. The number of carbonyl (C=O) groups excluding carboxylic acids is 1. The summed E-state index contributed by atoms with van der Waals surface area (Å²) in [5, 5.41) is 2.22. The summed E-state index contributed by atoms with van der Waals surface area (Å²) in [5.41, 5.74) is 1.33.